The minimum Gasteiger partial charge on any atom is -0.366 e. The molecular weight excluding hydrogens is 378 g/mol. The molecule has 0 aromatic carbocycles. The summed E-state index contributed by atoms with van der Waals surface area (Å²) in [5, 5.41) is 11.2. The Balaban J connectivity index is 1.46. The number of aromatic nitrogens is 2. The molecule has 2 aliphatic rings. The molecule has 4 heterocycles. The third kappa shape index (κ3) is 3.61. The fraction of sp³-hybridized carbons (Fsp3) is 0.550. The van der Waals surface area contributed by atoms with Gasteiger partial charge in [0.2, 0.25) is 5.91 Å². The predicted octanol–water partition coefficient (Wildman–Crippen LogP) is 3.07. The normalized spacial score (nSPS) is 24.8. The molecule has 2 aromatic heterocycles. The van der Waals surface area contributed by atoms with E-state index in [2.05, 4.69) is 25.7 Å². The zero-order valence-electron chi connectivity index (χ0n) is 16.3. The summed E-state index contributed by atoms with van der Waals surface area (Å²) in [6, 6.07) is 3.88. The van der Waals surface area contributed by atoms with E-state index >= 15 is 0 Å². The Labute approximate surface area is 169 Å². The van der Waals surface area contributed by atoms with Gasteiger partial charge in [-0.05, 0) is 58.2 Å². The van der Waals surface area contributed by atoms with Crippen molar-refractivity contribution >= 4 is 23.3 Å². The second kappa shape index (κ2) is 7.72. The zero-order chi connectivity index (χ0) is 19.7. The molecule has 0 radical (unpaired) electrons. The molecule has 2 N–H and O–H groups in total. The number of fused-ring (bicyclic) bond motifs is 1. The summed E-state index contributed by atoms with van der Waals surface area (Å²) < 4.78 is 5.21. The van der Waals surface area contributed by atoms with Crippen LogP contribution in [0.5, 0.6) is 0 Å². The topological polar surface area (TPSA) is 83.3 Å². The van der Waals surface area contributed by atoms with Gasteiger partial charge in [-0.3, -0.25) is 9.69 Å². The summed E-state index contributed by atoms with van der Waals surface area (Å²) in [6.07, 6.45) is 5.49. The van der Waals surface area contributed by atoms with Crippen LogP contribution < -0.4 is 10.6 Å². The van der Waals surface area contributed by atoms with Gasteiger partial charge in [-0.15, -0.1) is 0 Å². The highest BCUT2D eigenvalue weighted by atomic mass is 35.5. The van der Waals surface area contributed by atoms with Crippen molar-refractivity contribution in [3.63, 3.8) is 0 Å². The fourth-order valence-corrected chi connectivity index (χ4v) is 4.64. The molecular formula is C20H26ClN5O2. The van der Waals surface area contributed by atoms with Crippen molar-refractivity contribution in [2.24, 2.45) is 0 Å². The van der Waals surface area contributed by atoms with E-state index in [9.17, 15) is 4.79 Å². The summed E-state index contributed by atoms with van der Waals surface area (Å²) in [5.41, 5.74) is 1.34. The van der Waals surface area contributed by atoms with Crippen molar-refractivity contribution in [3.05, 3.63) is 40.4 Å². The van der Waals surface area contributed by atoms with Gasteiger partial charge in [0, 0.05) is 30.9 Å². The molecule has 8 heteroatoms. The Kier molecular flexibility index (Phi) is 5.29. The lowest BCUT2D eigenvalue weighted by atomic mass is 9.84. The molecule has 150 valence electrons. The summed E-state index contributed by atoms with van der Waals surface area (Å²) >= 11 is 5.93. The third-order valence-corrected chi connectivity index (χ3v) is 6.23. The number of nitrogens with zero attached hydrogens (tertiary/aromatic N) is 3. The third-order valence-electron chi connectivity index (χ3n) is 6.01. The lowest BCUT2D eigenvalue weighted by Gasteiger charge is -2.40. The maximum absolute atomic E-state index is 13.3. The highest BCUT2D eigenvalue weighted by molar-refractivity contribution is 6.30. The maximum Gasteiger partial charge on any atom is 0.240 e. The first-order valence-corrected chi connectivity index (χ1v) is 10.2. The summed E-state index contributed by atoms with van der Waals surface area (Å²) in [5.74, 6) is 1.65. The smallest absolute Gasteiger partial charge is 0.240 e. The summed E-state index contributed by atoms with van der Waals surface area (Å²) in [6.45, 7) is 6.01. The highest BCUT2D eigenvalue weighted by Crippen LogP contribution is 2.39. The van der Waals surface area contributed by atoms with Crippen molar-refractivity contribution in [3.8, 4) is 0 Å². The lowest BCUT2D eigenvalue weighted by molar-refractivity contribution is -0.134. The number of amides is 1. The number of rotatable bonds is 5. The van der Waals surface area contributed by atoms with E-state index in [4.69, 9.17) is 16.1 Å². The molecule has 2 saturated heterocycles. The molecule has 4 rings (SSSR count). The Morgan fingerprint density at radius 1 is 1.39 bits per heavy atom. The molecule has 0 aliphatic carbocycles. The molecule has 0 bridgehead atoms. The standard InChI is InChI=1S/C20H26ClN5O2/c1-13-17(14(2)28-25-13)11-23-19(27)20-7-3-4-8-26(20)12-16(9-20)24-18-6-5-15(21)10-22-18/h5-6,10,16H,3-4,7-9,11-12H2,1-2H3,(H,22,24)(H,23,27)/t16?,20-/m0/s1. The minimum atomic E-state index is -0.457. The summed E-state index contributed by atoms with van der Waals surface area (Å²) in [7, 11) is 0. The largest absolute Gasteiger partial charge is 0.366 e. The fourth-order valence-electron chi connectivity index (χ4n) is 4.53. The first kappa shape index (κ1) is 19.2. The van der Waals surface area contributed by atoms with Gasteiger partial charge in [-0.1, -0.05) is 16.8 Å². The van der Waals surface area contributed by atoms with Crippen LogP contribution in [0.4, 0.5) is 5.82 Å². The number of pyridine rings is 1. The van der Waals surface area contributed by atoms with Crippen LogP contribution in [0, 0.1) is 13.8 Å². The first-order valence-electron chi connectivity index (χ1n) is 9.81. The van der Waals surface area contributed by atoms with Crippen LogP contribution in [0.3, 0.4) is 0 Å². The number of aryl methyl sites for hydroxylation is 2. The lowest BCUT2D eigenvalue weighted by Crippen LogP contribution is -2.57. The van der Waals surface area contributed by atoms with E-state index in [1.165, 1.54) is 0 Å². The van der Waals surface area contributed by atoms with Gasteiger partial charge in [0.25, 0.3) is 0 Å². The predicted molar refractivity (Wildman–Crippen MR) is 107 cm³/mol. The van der Waals surface area contributed by atoms with E-state index in [-0.39, 0.29) is 11.9 Å². The van der Waals surface area contributed by atoms with Crippen LogP contribution in [0.25, 0.3) is 0 Å². The van der Waals surface area contributed by atoms with Gasteiger partial charge in [0.1, 0.15) is 17.1 Å². The van der Waals surface area contributed by atoms with Crippen molar-refractivity contribution in [1.29, 1.82) is 0 Å². The zero-order valence-corrected chi connectivity index (χ0v) is 17.1. The van der Waals surface area contributed by atoms with Crippen molar-refractivity contribution in [2.75, 3.05) is 18.4 Å². The van der Waals surface area contributed by atoms with Gasteiger partial charge in [-0.25, -0.2) is 4.98 Å². The monoisotopic (exact) mass is 403 g/mol. The molecule has 7 nitrogen and oxygen atoms in total. The van der Waals surface area contributed by atoms with Crippen LogP contribution in [-0.4, -0.2) is 45.6 Å². The number of nitrogens with one attached hydrogen (secondary N) is 2. The second-order valence-electron chi connectivity index (χ2n) is 7.83. The maximum atomic E-state index is 13.3. The number of anilines is 1. The van der Waals surface area contributed by atoms with Gasteiger partial charge in [-0.2, -0.15) is 0 Å². The van der Waals surface area contributed by atoms with Gasteiger partial charge < -0.3 is 15.2 Å². The van der Waals surface area contributed by atoms with E-state index in [1.54, 1.807) is 6.20 Å². The van der Waals surface area contributed by atoms with Crippen LogP contribution in [-0.2, 0) is 11.3 Å². The second-order valence-corrected chi connectivity index (χ2v) is 8.26. The Bertz CT molecular complexity index is 833. The quantitative estimate of drug-likeness (QED) is 0.798. The Morgan fingerprint density at radius 2 is 2.25 bits per heavy atom. The molecule has 1 amide bonds. The van der Waals surface area contributed by atoms with Crippen LogP contribution >= 0.6 is 11.6 Å². The number of hydrogen-bond acceptors (Lipinski definition) is 6. The minimum absolute atomic E-state index is 0.0977. The summed E-state index contributed by atoms with van der Waals surface area (Å²) in [4.78, 5) is 20.0. The number of carbonyl (C=O) groups excluding carboxylic acids is 1. The van der Waals surface area contributed by atoms with Crippen molar-refractivity contribution in [1.82, 2.24) is 20.4 Å². The number of halogens is 1. The van der Waals surface area contributed by atoms with Crippen molar-refractivity contribution in [2.45, 2.75) is 57.7 Å². The van der Waals surface area contributed by atoms with Gasteiger partial charge in [0.15, 0.2) is 0 Å². The number of piperidine rings is 1. The molecule has 0 spiro atoms. The molecule has 2 aromatic rings. The SMILES string of the molecule is Cc1noc(C)c1CNC(=O)[C@@]12CCCCN1CC(Nc1ccc(Cl)cn1)C2. The van der Waals surface area contributed by atoms with E-state index in [1.807, 2.05) is 26.0 Å². The van der Waals surface area contributed by atoms with E-state index in [0.29, 0.717) is 11.6 Å². The molecule has 2 fully saturated rings. The van der Waals surface area contributed by atoms with Crippen molar-refractivity contribution < 1.29 is 9.32 Å². The van der Waals surface area contributed by atoms with Crippen LogP contribution in [0.2, 0.25) is 5.02 Å². The number of carbonyl (C=O) groups is 1. The van der Waals surface area contributed by atoms with Crippen LogP contribution in [0.1, 0.15) is 42.7 Å². The van der Waals surface area contributed by atoms with E-state index < -0.39 is 5.54 Å². The number of hydrogen-bond donors (Lipinski definition) is 2. The highest BCUT2D eigenvalue weighted by Gasteiger charge is 2.51. The molecule has 28 heavy (non-hydrogen) atoms. The molecule has 2 aliphatic heterocycles. The molecule has 1 unspecified atom stereocenters. The van der Waals surface area contributed by atoms with Gasteiger partial charge >= 0.3 is 0 Å². The van der Waals surface area contributed by atoms with Gasteiger partial charge in [0.05, 0.1) is 10.7 Å². The van der Waals surface area contributed by atoms with Crippen LogP contribution in [0.15, 0.2) is 22.9 Å². The average molecular weight is 404 g/mol. The first-order chi connectivity index (χ1) is 13.5. The van der Waals surface area contributed by atoms with E-state index in [0.717, 1.165) is 61.6 Å². The average Bonchev–Trinajstić information content (AvgIpc) is 3.22. The Morgan fingerprint density at radius 3 is 2.96 bits per heavy atom. The molecule has 2 atom stereocenters. The Hall–Kier alpha value is -2.12. The molecule has 0 saturated carbocycles.